The highest BCUT2D eigenvalue weighted by Gasteiger charge is 2.51. The second-order valence-electron chi connectivity index (χ2n) is 6.75. The number of carbonyl (C=O) groups is 2. The third-order valence-electron chi connectivity index (χ3n) is 5.39. The first-order valence-electron chi connectivity index (χ1n) is 8.45. The lowest BCUT2D eigenvalue weighted by atomic mass is 9.87. The summed E-state index contributed by atoms with van der Waals surface area (Å²) < 4.78 is 10.6. The Kier molecular flexibility index (Phi) is 5.20. The first-order chi connectivity index (χ1) is 11.9. The van der Waals surface area contributed by atoms with E-state index >= 15 is 0 Å². The van der Waals surface area contributed by atoms with Crippen molar-refractivity contribution in [1.29, 1.82) is 0 Å². The number of anilines is 1. The minimum Gasteiger partial charge on any atom is -0.469 e. The number of nitrogens with one attached hydrogen (secondary N) is 1. The van der Waals surface area contributed by atoms with Gasteiger partial charge in [0.05, 0.1) is 17.8 Å². The molecule has 4 atom stereocenters. The van der Waals surface area contributed by atoms with Gasteiger partial charge in [-0.15, -0.1) is 0 Å². The van der Waals surface area contributed by atoms with Gasteiger partial charge >= 0.3 is 12.1 Å². The van der Waals surface area contributed by atoms with Crippen LogP contribution < -0.4 is 5.32 Å². The molecular weight excluding hydrogens is 344 g/mol. The van der Waals surface area contributed by atoms with Crippen molar-refractivity contribution >= 4 is 29.4 Å². The molecule has 7 heteroatoms. The third-order valence-corrected chi connectivity index (χ3v) is 5.71. The van der Waals surface area contributed by atoms with Crippen LogP contribution in [0.3, 0.4) is 0 Å². The summed E-state index contributed by atoms with van der Waals surface area (Å²) in [5.41, 5.74) is 1.37. The summed E-state index contributed by atoms with van der Waals surface area (Å²) in [7, 11) is 3.38. The molecule has 0 radical (unpaired) electrons. The van der Waals surface area contributed by atoms with E-state index in [1.165, 1.54) is 7.11 Å². The predicted octanol–water partition coefficient (Wildman–Crippen LogP) is 3.22. The van der Waals surface area contributed by atoms with Crippen molar-refractivity contribution in [2.75, 3.05) is 19.5 Å². The lowest BCUT2D eigenvalue weighted by Gasteiger charge is -2.40. The molecule has 6 nitrogen and oxygen atoms in total. The smallest absolute Gasteiger partial charge is 0.411 e. The van der Waals surface area contributed by atoms with E-state index in [-0.39, 0.29) is 12.0 Å². The van der Waals surface area contributed by atoms with Crippen molar-refractivity contribution in [3.8, 4) is 0 Å². The summed E-state index contributed by atoms with van der Waals surface area (Å²) in [5.74, 6) is -0.796. The molecule has 2 heterocycles. The molecule has 2 aliphatic heterocycles. The van der Waals surface area contributed by atoms with Crippen LogP contribution in [-0.2, 0) is 14.3 Å². The third kappa shape index (κ3) is 3.46. The molecule has 2 fully saturated rings. The number of fused-ring (bicyclic) bond motifs is 2. The highest BCUT2D eigenvalue weighted by Crippen LogP contribution is 2.40. The maximum Gasteiger partial charge on any atom is 0.411 e. The first-order valence-corrected chi connectivity index (χ1v) is 8.82. The summed E-state index contributed by atoms with van der Waals surface area (Å²) in [4.78, 5) is 26.9. The van der Waals surface area contributed by atoms with Crippen molar-refractivity contribution in [3.63, 3.8) is 0 Å². The van der Waals surface area contributed by atoms with E-state index in [0.29, 0.717) is 23.2 Å². The molecule has 0 aliphatic carbocycles. The van der Waals surface area contributed by atoms with Crippen LogP contribution in [0.1, 0.15) is 24.8 Å². The van der Waals surface area contributed by atoms with Crippen LogP contribution in [0.25, 0.3) is 0 Å². The number of aryl methyl sites for hydroxylation is 1. The van der Waals surface area contributed by atoms with Gasteiger partial charge in [-0.1, -0.05) is 23.7 Å². The van der Waals surface area contributed by atoms with Gasteiger partial charge in [0.1, 0.15) is 12.0 Å². The van der Waals surface area contributed by atoms with Crippen molar-refractivity contribution in [1.82, 2.24) is 4.90 Å². The summed E-state index contributed by atoms with van der Waals surface area (Å²) in [6.07, 6.45) is 1.44. The number of benzene rings is 1. The number of carbonyl (C=O) groups excluding carboxylic acids is 2. The number of esters is 1. The number of amides is 1. The lowest BCUT2D eigenvalue weighted by molar-refractivity contribution is -0.155. The Balaban J connectivity index is 1.74. The molecule has 2 saturated heterocycles. The maximum atomic E-state index is 12.4. The van der Waals surface area contributed by atoms with Gasteiger partial charge in [0.25, 0.3) is 0 Å². The van der Waals surface area contributed by atoms with Crippen LogP contribution in [0.2, 0.25) is 5.02 Å². The molecular formula is C18H23ClN2O4. The van der Waals surface area contributed by atoms with E-state index in [1.807, 2.05) is 26.1 Å². The van der Waals surface area contributed by atoms with E-state index in [9.17, 15) is 9.59 Å². The molecule has 136 valence electrons. The predicted molar refractivity (Wildman–Crippen MR) is 94.8 cm³/mol. The zero-order valence-corrected chi connectivity index (χ0v) is 15.4. The average Bonchev–Trinajstić information content (AvgIpc) is 2.81. The molecule has 2 bridgehead atoms. The Bertz CT molecular complexity index is 661. The normalized spacial score (nSPS) is 28.5. The fourth-order valence-corrected chi connectivity index (χ4v) is 4.32. The van der Waals surface area contributed by atoms with Crippen molar-refractivity contribution in [3.05, 3.63) is 28.8 Å². The Hall–Kier alpha value is -1.79. The average molecular weight is 367 g/mol. The van der Waals surface area contributed by atoms with E-state index in [0.717, 1.165) is 18.4 Å². The molecule has 3 rings (SSSR count). The number of ether oxygens (including phenoxy) is 2. The molecule has 0 aromatic heterocycles. The number of rotatable bonds is 3. The molecule has 0 saturated carbocycles. The van der Waals surface area contributed by atoms with Gasteiger partial charge in [0.2, 0.25) is 0 Å². The molecule has 1 amide bonds. The molecule has 1 N–H and O–H groups in total. The monoisotopic (exact) mass is 366 g/mol. The SMILES string of the molecule is COC(=O)[C@@H]1[C@@H](OC(=O)Nc2c(C)cccc2Cl)C[C@H]2CC[C@@H]1N2C. The van der Waals surface area contributed by atoms with Gasteiger partial charge in [-0.05, 0) is 38.4 Å². The van der Waals surface area contributed by atoms with Crippen LogP contribution in [0.5, 0.6) is 0 Å². The quantitative estimate of drug-likeness (QED) is 0.832. The number of methoxy groups -OCH3 is 1. The van der Waals surface area contributed by atoms with Crippen LogP contribution in [-0.4, -0.2) is 49.3 Å². The number of halogens is 1. The molecule has 2 aliphatic rings. The second-order valence-corrected chi connectivity index (χ2v) is 7.16. The second kappa shape index (κ2) is 7.22. The van der Waals surface area contributed by atoms with Gasteiger partial charge in [-0.25, -0.2) is 4.79 Å². The van der Waals surface area contributed by atoms with E-state index < -0.39 is 18.1 Å². The topological polar surface area (TPSA) is 67.9 Å². The summed E-state index contributed by atoms with van der Waals surface area (Å²) in [6.45, 7) is 1.86. The standard InChI is InChI=1S/C18H23ClN2O4/c1-10-5-4-6-12(19)16(10)20-18(23)25-14-9-11-7-8-13(21(11)2)15(14)17(22)24-3/h4-6,11,13-15H,7-9H2,1-3H3,(H,20,23)/t11-,13+,14+,15+/m1/s1. The lowest BCUT2D eigenvalue weighted by Crippen LogP contribution is -2.53. The van der Waals surface area contributed by atoms with Gasteiger partial charge < -0.3 is 9.47 Å². The van der Waals surface area contributed by atoms with Crippen LogP contribution in [0, 0.1) is 12.8 Å². The van der Waals surface area contributed by atoms with Gasteiger partial charge in [0, 0.05) is 18.5 Å². The molecule has 0 spiro atoms. The molecule has 1 aromatic rings. The number of hydrogen-bond acceptors (Lipinski definition) is 5. The van der Waals surface area contributed by atoms with Crippen LogP contribution in [0.15, 0.2) is 18.2 Å². The van der Waals surface area contributed by atoms with E-state index in [1.54, 1.807) is 6.07 Å². The molecule has 25 heavy (non-hydrogen) atoms. The number of hydrogen-bond donors (Lipinski definition) is 1. The zero-order valence-electron chi connectivity index (χ0n) is 14.6. The minimum absolute atomic E-state index is 0.0473. The molecule has 0 unspecified atom stereocenters. The van der Waals surface area contributed by atoms with Crippen molar-refractivity contribution in [2.45, 2.75) is 44.4 Å². The van der Waals surface area contributed by atoms with Crippen LogP contribution >= 0.6 is 11.6 Å². The fourth-order valence-electron chi connectivity index (χ4n) is 4.05. The number of nitrogens with zero attached hydrogens (tertiary/aromatic N) is 1. The van der Waals surface area contributed by atoms with Crippen LogP contribution in [0.4, 0.5) is 10.5 Å². The van der Waals surface area contributed by atoms with E-state index in [4.69, 9.17) is 21.1 Å². The Morgan fingerprint density at radius 1 is 1.32 bits per heavy atom. The van der Waals surface area contributed by atoms with Crippen molar-refractivity contribution in [2.24, 2.45) is 5.92 Å². The largest absolute Gasteiger partial charge is 0.469 e. The fraction of sp³-hybridized carbons (Fsp3) is 0.556. The first kappa shape index (κ1) is 18.0. The zero-order chi connectivity index (χ0) is 18.1. The number of para-hydroxylation sites is 1. The highest BCUT2D eigenvalue weighted by molar-refractivity contribution is 6.33. The van der Waals surface area contributed by atoms with Gasteiger partial charge in [-0.2, -0.15) is 0 Å². The van der Waals surface area contributed by atoms with Gasteiger partial charge in [-0.3, -0.25) is 15.0 Å². The maximum absolute atomic E-state index is 12.4. The Labute approximate surface area is 152 Å². The minimum atomic E-state index is -0.598. The van der Waals surface area contributed by atoms with E-state index in [2.05, 4.69) is 10.2 Å². The summed E-state index contributed by atoms with van der Waals surface area (Å²) in [6, 6.07) is 5.75. The Morgan fingerprint density at radius 3 is 2.76 bits per heavy atom. The van der Waals surface area contributed by atoms with Crippen molar-refractivity contribution < 1.29 is 19.1 Å². The number of piperidine rings is 1. The van der Waals surface area contributed by atoms with Gasteiger partial charge in [0.15, 0.2) is 0 Å². The molecule has 1 aromatic carbocycles. The summed E-state index contributed by atoms with van der Waals surface area (Å²) in [5, 5.41) is 3.15. The highest BCUT2D eigenvalue weighted by atomic mass is 35.5. The summed E-state index contributed by atoms with van der Waals surface area (Å²) >= 11 is 6.14. The Morgan fingerprint density at radius 2 is 2.08 bits per heavy atom.